The lowest BCUT2D eigenvalue weighted by atomic mass is 9.75. The van der Waals surface area contributed by atoms with Crippen LogP contribution in [0.2, 0.25) is 0 Å². The second-order valence-electron chi connectivity index (χ2n) is 5.88. The number of alkyl halides is 1. The van der Waals surface area contributed by atoms with Gasteiger partial charge < -0.3 is 4.90 Å². The predicted molar refractivity (Wildman–Crippen MR) is 71.6 cm³/mol. The lowest BCUT2D eigenvalue weighted by Gasteiger charge is -2.38. The summed E-state index contributed by atoms with van der Waals surface area (Å²) in [6.07, 6.45) is 5.47. The topological polar surface area (TPSA) is 3.24 Å². The number of unbranched alkanes of at least 4 members (excludes halogenated alkanes) is 1. The maximum atomic E-state index is 3.49. The Morgan fingerprint density at radius 2 is 1.73 bits per heavy atom. The van der Waals surface area contributed by atoms with Gasteiger partial charge in [0.15, 0.2) is 0 Å². The molecule has 0 saturated carbocycles. The van der Waals surface area contributed by atoms with Crippen LogP contribution < -0.4 is 0 Å². The summed E-state index contributed by atoms with van der Waals surface area (Å²) in [7, 11) is 0. The summed E-state index contributed by atoms with van der Waals surface area (Å²) in [4.78, 5) is 2.64. The van der Waals surface area contributed by atoms with E-state index in [1.165, 1.54) is 45.3 Å². The first-order chi connectivity index (χ1) is 7.04. The van der Waals surface area contributed by atoms with Gasteiger partial charge in [0, 0.05) is 5.33 Å². The average molecular weight is 276 g/mol. The van der Waals surface area contributed by atoms with Crippen molar-refractivity contribution < 1.29 is 0 Å². The van der Waals surface area contributed by atoms with Crippen molar-refractivity contribution in [1.82, 2.24) is 4.90 Å². The molecule has 15 heavy (non-hydrogen) atoms. The summed E-state index contributed by atoms with van der Waals surface area (Å²) >= 11 is 3.49. The van der Waals surface area contributed by atoms with Gasteiger partial charge in [-0.05, 0) is 56.7 Å². The van der Waals surface area contributed by atoms with Crippen LogP contribution in [0.5, 0.6) is 0 Å². The molecular weight excluding hydrogens is 250 g/mol. The molecule has 1 fully saturated rings. The Bertz CT molecular complexity index is 166. The fourth-order valence-electron chi connectivity index (χ4n) is 2.45. The van der Waals surface area contributed by atoms with Crippen LogP contribution in [0.25, 0.3) is 0 Å². The Kier molecular flexibility index (Phi) is 5.62. The number of likely N-dealkylation sites (tertiary alicyclic amines) is 1. The average Bonchev–Trinajstić information content (AvgIpc) is 2.18. The zero-order valence-electron chi connectivity index (χ0n) is 10.6. The summed E-state index contributed by atoms with van der Waals surface area (Å²) in [6, 6.07) is 0. The van der Waals surface area contributed by atoms with Gasteiger partial charge in [-0.15, -0.1) is 0 Å². The highest BCUT2D eigenvalue weighted by Gasteiger charge is 2.28. The van der Waals surface area contributed by atoms with E-state index in [0.29, 0.717) is 5.41 Å². The third kappa shape index (κ3) is 4.86. The summed E-state index contributed by atoms with van der Waals surface area (Å²) in [5.74, 6) is 0.935. The summed E-state index contributed by atoms with van der Waals surface area (Å²) in [5, 5.41) is 1.16. The third-order valence-electron chi connectivity index (χ3n) is 3.67. The van der Waals surface area contributed by atoms with Crippen LogP contribution in [0.3, 0.4) is 0 Å². The molecule has 2 heteroatoms. The van der Waals surface area contributed by atoms with E-state index in [9.17, 15) is 0 Å². The molecule has 90 valence electrons. The molecule has 0 aromatic heterocycles. The van der Waals surface area contributed by atoms with E-state index in [0.717, 1.165) is 11.2 Å². The molecule has 1 heterocycles. The molecule has 1 rings (SSSR count). The lowest BCUT2D eigenvalue weighted by Crippen LogP contribution is -2.38. The quantitative estimate of drug-likeness (QED) is 0.555. The standard InChI is InChI=1S/C13H26BrN/c1-13(2,3)12-6-10-15(11-7-12)9-5-4-8-14/h12H,4-11H2,1-3H3. The van der Waals surface area contributed by atoms with Crippen LogP contribution in [0, 0.1) is 11.3 Å². The minimum atomic E-state index is 0.516. The zero-order valence-corrected chi connectivity index (χ0v) is 12.1. The second kappa shape index (κ2) is 6.24. The molecule has 0 aromatic carbocycles. The zero-order chi connectivity index (χ0) is 11.3. The highest BCUT2D eigenvalue weighted by Crippen LogP contribution is 2.34. The highest BCUT2D eigenvalue weighted by molar-refractivity contribution is 9.09. The van der Waals surface area contributed by atoms with Crippen molar-refractivity contribution >= 4 is 15.9 Å². The van der Waals surface area contributed by atoms with E-state index in [4.69, 9.17) is 0 Å². The van der Waals surface area contributed by atoms with E-state index in [-0.39, 0.29) is 0 Å². The first kappa shape index (κ1) is 13.5. The summed E-state index contributed by atoms with van der Waals surface area (Å²) < 4.78 is 0. The minimum Gasteiger partial charge on any atom is -0.303 e. The summed E-state index contributed by atoms with van der Waals surface area (Å²) in [5.41, 5.74) is 0.516. The molecule has 1 aliphatic heterocycles. The van der Waals surface area contributed by atoms with Gasteiger partial charge in [-0.25, -0.2) is 0 Å². The van der Waals surface area contributed by atoms with Gasteiger partial charge in [-0.3, -0.25) is 0 Å². The molecule has 1 saturated heterocycles. The van der Waals surface area contributed by atoms with Crippen molar-refractivity contribution in [3.05, 3.63) is 0 Å². The Labute approximate surface area is 104 Å². The van der Waals surface area contributed by atoms with Crippen molar-refractivity contribution in [1.29, 1.82) is 0 Å². The van der Waals surface area contributed by atoms with Gasteiger partial charge in [0.1, 0.15) is 0 Å². The molecule has 0 bridgehead atoms. The number of hydrogen-bond acceptors (Lipinski definition) is 1. The maximum Gasteiger partial charge on any atom is 0.00317 e. The molecule has 1 nitrogen and oxygen atoms in total. The van der Waals surface area contributed by atoms with Crippen molar-refractivity contribution in [2.24, 2.45) is 11.3 Å². The fourth-order valence-corrected chi connectivity index (χ4v) is 2.85. The number of nitrogens with zero attached hydrogens (tertiary/aromatic N) is 1. The van der Waals surface area contributed by atoms with Gasteiger partial charge in [-0.2, -0.15) is 0 Å². The SMILES string of the molecule is CC(C)(C)C1CCN(CCCCBr)CC1. The van der Waals surface area contributed by atoms with Crippen molar-refractivity contribution in [2.45, 2.75) is 46.5 Å². The monoisotopic (exact) mass is 275 g/mol. The Balaban J connectivity index is 2.18. The smallest absolute Gasteiger partial charge is 0.00317 e. The molecule has 0 atom stereocenters. The van der Waals surface area contributed by atoms with E-state index in [1.54, 1.807) is 0 Å². The van der Waals surface area contributed by atoms with Crippen LogP contribution >= 0.6 is 15.9 Å². The van der Waals surface area contributed by atoms with Crippen molar-refractivity contribution in [3.63, 3.8) is 0 Å². The van der Waals surface area contributed by atoms with E-state index in [1.807, 2.05) is 0 Å². The van der Waals surface area contributed by atoms with Crippen LogP contribution in [-0.4, -0.2) is 29.9 Å². The van der Waals surface area contributed by atoms with E-state index < -0.39 is 0 Å². The molecule has 1 aliphatic rings. The van der Waals surface area contributed by atoms with Crippen molar-refractivity contribution in [3.8, 4) is 0 Å². The maximum absolute atomic E-state index is 3.49. The molecule has 0 aromatic rings. The van der Waals surface area contributed by atoms with Crippen LogP contribution in [-0.2, 0) is 0 Å². The van der Waals surface area contributed by atoms with E-state index >= 15 is 0 Å². The van der Waals surface area contributed by atoms with Crippen LogP contribution in [0.1, 0.15) is 46.5 Å². The first-order valence-corrected chi connectivity index (χ1v) is 7.44. The first-order valence-electron chi connectivity index (χ1n) is 6.32. The van der Waals surface area contributed by atoms with Crippen LogP contribution in [0.4, 0.5) is 0 Å². The molecule has 0 amide bonds. The molecule has 0 N–H and O–H groups in total. The van der Waals surface area contributed by atoms with Gasteiger partial charge in [0.25, 0.3) is 0 Å². The fraction of sp³-hybridized carbons (Fsp3) is 1.00. The molecule has 0 spiro atoms. The lowest BCUT2D eigenvalue weighted by molar-refractivity contribution is 0.111. The number of halogens is 1. The molecule has 0 radical (unpaired) electrons. The number of hydrogen-bond donors (Lipinski definition) is 0. The molecule has 0 aliphatic carbocycles. The predicted octanol–water partition coefficient (Wildman–Crippen LogP) is 3.92. The van der Waals surface area contributed by atoms with Crippen LogP contribution in [0.15, 0.2) is 0 Å². The molecular formula is C13H26BrN. The third-order valence-corrected chi connectivity index (χ3v) is 4.23. The van der Waals surface area contributed by atoms with Crippen molar-refractivity contribution in [2.75, 3.05) is 25.0 Å². The van der Waals surface area contributed by atoms with Gasteiger partial charge in [0.2, 0.25) is 0 Å². The minimum absolute atomic E-state index is 0.516. The van der Waals surface area contributed by atoms with Gasteiger partial charge >= 0.3 is 0 Å². The summed E-state index contributed by atoms with van der Waals surface area (Å²) in [6.45, 7) is 11.1. The largest absolute Gasteiger partial charge is 0.303 e. The Morgan fingerprint density at radius 1 is 1.13 bits per heavy atom. The Morgan fingerprint density at radius 3 is 2.20 bits per heavy atom. The molecule has 0 unspecified atom stereocenters. The van der Waals surface area contributed by atoms with Gasteiger partial charge in [0.05, 0.1) is 0 Å². The number of rotatable bonds is 4. The van der Waals surface area contributed by atoms with Gasteiger partial charge in [-0.1, -0.05) is 36.7 Å². The second-order valence-corrected chi connectivity index (χ2v) is 6.67. The normalized spacial score (nSPS) is 20.8. The van der Waals surface area contributed by atoms with E-state index in [2.05, 4.69) is 41.6 Å². The highest BCUT2D eigenvalue weighted by atomic mass is 79.9. The number of piperidine rings is 1. The Hall–Kier alpha value is 0.440.